The molecule has 1 aliphatic rings. The summed E-state index contributed by atoms with van der Waals surface area (Å²) in [5, 5.41) is 0. The van der Waals surface area contributed by atoms with Crippen LogP contribution < -0.4 is 5.69 Å². The average molecular weight is 226 g/mol. The van der Waals surface area contributed by atoms with Crippen molar-refractivity contribution in [2.24, 2.45) is 0 Å². The molecule has 0 radical (unpaired) electrons. The summed E-state index contributed by atoms with van der Waals surface area (Å²) in [5.74, 6) is -0.514. The van der Waals surface area contributed by atoms with Gasteiger partial charge in [-0.15, -0.1) is 0 Å². The number of esters is 1. The Morgan fingerprint density at radius 2 is 2.38 bits per heavy atom. The van der Waals surface area contributed by atoms with Gasteiger partial charge in [0.25, 0.3) is 0 Å². The number of ether oxygens (including phenoxy) is 2. The molecule has 0 saturated carbocycles. The van der Waals surface area contributed by atoms with E-state index in [2.05, 4.69) is 9.72 Å². The van der Waals surface area contributed by atoms with Gasteiger partial charge in [-0.2, -0.15) is 0 Å². The molecule has 2 rings (SSSR count). The van der Waals surface area contributed by atoms with Gasteiger partial charge >= 0.3 is 11.7 Å². The first-order valence-corrected chi connectivity index (χ1v) is 5.15. The number of carbonyl (C=O) groups excluding carboxylic acids is 1. The second-order valence-electron chi connectivity index (χ2n) is 3.79. The molecule has 16 heavy (non-hydrogen) atoms. The first-order chi connectivity index (χ1) is 7.63. The Balaban J connectivity index is 2.48. The van der Waals surface area contributed by atoms with Crippen molar-refractivity contribution >= 4 is 5.97 Å². The van der Waals surface area contributed by atoms with Crippen molar-refractivity contribution in [3.8, 4) is 0 Å². The number of aromatic amines is 1. The van der Waals surface area contributed by atoms with E-state index >= 15 is 0 Å². The zero-order valence-corrected chi connectivity index (χ0v) is 9.28. The van der Waals surface area contributed by atoms with E-state index in [4.69, 9.17) is 4.74 Å². The van der Waals surface area contributed by atoms with E-state index in [0.717, 1.165) is 0 Å². The number of rotatable bonds is 1. The Morgan fingerprint density at radius 1 is 1.62 bits per heavy atom. The third kappa shape index (κ3) is 1.76. The highest BCUT2D eigenvalue weighted by Gasteiger charge is 2.23. The molecular formula is C10H14N2O4. The second kappa shape index (κ2) is 4.13. The lowest BCUT2D eigenvalue weighted by molar-refractivity contribution is 0.0590. The van der Waals surface area contributed by atoms with E-state index in [9.17, 15) is 9.59 Å². The van der Waals surface area contributed by atoms with E-state index in [1.54, 1.807) is 4.57 Å². The molecular weight excluding hydrogens is 212 g/mol. The minimum absolute atomic E-state index is 0.0275. The number of H-pyrrole nitrogens is 1. The van der Waals surface area contributed by atoms with Crippen LogP contribution in [0, 0.1) is 0 Å². The average Bonchev–Trinajstić information content (AvgIpc) is 2.47. The molecule has 0 saturated heterocycles. The molecule has 0 aliphatic carbocycles. The number of carbonyl (C=O) groups is 1. The largest absolute Gasteiger partial charge is 0.464 e. The normalized spacial score (nSPS) is 20.0. The summed E-state index contributed by atoms with van der Waals surface area (Å²) < 4.78 is 11.6. The lowest BCUT2D eigenvalue weighted by atomic mass is 10.2. The highest BCUT2D eigenvalue weighted by molar-refractivity contribution is 5.88. The third-order valence-electron chi connectivity index (χ3n) is 2.66. The van der Waals surface area contributed by atoms with Gasteiger partial charge in [0.1, 0.15) is 5.69 Å². The Labute approximate surface area is 92.2 Å². The van der Waals surface area contributed by atoms with Crippen LogP contribution in [0.25, 0.3) is 0 Å². The van der Waals surface area contributed by atoms with Crippen molar-refractivity contribution < 1.29 is 14.3 Å². The minimum atomic E-state index is -0.514. The van der Waals surface area contributed by atoms with E-state index in [0.29, 0.717) is 25.3 Å². The highest BCUT2D eigenvalue weighted by Crippen LogP contribution is 2.12. The molecule has 0 aromatic carbocycles. The van der Waals surface area contributed by atoms with E-state index in [1.807, 2.05) is 6.92 Å². The summed E-state index contributed by atoms with van der Waals surface area (Å²) in [6, 6.07) is 0. The first-order valence-electron chi connectivity index (χ1n) is 5.15. The maximum absolute atomic E-state index is 11.6. The molecule has 6 heteroatoms. The summed E-state index contributed by atoms with van der Waals surface area (Å²) in [6.45, 7) is 2.86. The number of imidazole rings is 1. The lowest BCUT2D eigenvalue weighted by Gasteiger charge is -2.07. The number of aromatic nitrogens is 2. The molecule has 0 amide bonds. The van der Waals surface area contributed by atoms with Gasteiger partial charge in [-0.1, -0.05) is 0 Å². The van der Waals surface area contributed by atoms with Crippen molar-refractivity contribution in [1.82, 2.24) is 9.55 Å². The van der Waals surface area contributed by atoms with Gasteiger partial charge in [-0.25, -0.2) is 9.59 Å². The molecule has 0 spiro atoms. The van der Waals surface area contributed by atoms with Crippen LogP contribution in [0.4, 0.5) is 0 Å². The Bertz CT molecular complexity index is 460. The molecule has 0 fully saturated rings. The van der Waals surface area contributed by atoms with Crippen molar-refractivity contribution in [1.29, 1.82) is 0 Å². The van der Waals surface area contributed by atoms with Gasteiger partial charge in [0.15, 0.2) is 0 Å². The van der Waals surface area contributed by atoms with Crippen molar-refractivity contribution in [3.63, 3.8) is 0 Å². The zero-order chi connectivity index (χ0) is 11.7. The maximum atomic E-state index is 11.6. The summed E-state index contributed by atoms with van der Waals surface area (Å²) >= 11 is 0. The monoisotopic (exact) mass is 226 g/mol. The molecule has 1 aromatic heterocycles. The number of methoxy groups -OCH3 is 1. The van der Waals surface area contributed by atoms with Crippen LogP contribution in [-0.4, -0.2) is 35.3 Å². The van der Waals surface area contributed by atoms with Crippen LogP contribution in [0.15, 0.2) is 4.79 Å². The minimum Gasteiger partial charge on any atom is -0.464 e. The molecule has 2 heterocycles. The number of fused-ring (bicyclic) bond motifs is 1. The summed E-state index contributed by atoms with van der Waals surface area (Å²) in [4.78, 5) is 25.6. The van der Waals surface area contributed by atoms with Gasteiger partial charge in [0.2, 0.25) is 0 Å². The van der Waals surface area contributed by atoms with Crippen LogP contribution in [0.2, 0.25) is 0 Å². The van der Waals surface area contributed by atoms with Crippen molar-refractivity contribution in [2.45, 2.75) is 26.0 Å². The number of hydrogen-bond donors (Lipinski definition) is 1. The topological polar surface area (TPSA) is 73.3 Å². The van der Waals surface area contributed by atoms with Gasteiger partial charge in [-0.3, -0.25) is 9.55 Å². The van der Waals surface area contributed by atoms with E-state index < -0.39 is 5.97 Å². The molecule has 1 aliphatic heterocycles. The SMILES string of the molecule is COC(=O)c1[nH]c(=O)n2c1CCOC(C)C2. The third-order valence-corrected chi connectivity index (χ3v) is 2.66. The molecule has 0 bridgehead atoms. The van der Waals surface area contributed by atoms with Crippen LogP contribution in [0.3, 0.4) is 0 Å². The van der Waals surface area contributed by atoms with Crippen LogP contribution >= 0.6 is 0 Å². The van der Waals surface area contributed by atoms with Crippen molar-refractivity contribution in [2.75, 3.05) is 13.7 Å². The Hall–Kier alpha value is -1.56. The molecule has 1 aromatic rings. The fourth-order valence-corrected chi connectivity index (χ4v) is 1.89. The first kappa shape index (κ1) is 10.9. The maximum Gasteiger partial charge on any atom is 0.356 e. The zero-order valence-electron chi connectivity index (χ0n) is 9.28. The molecule has 88 valence electrons. The second-order valence-corrected chi connectivity index (χ2v) is 3.79. The molecule has 6 nitrogen and oxygen atoms in total. The molecule has 1 N–H and O–H groups in total. The Morgan fingerprint density at radius 3 is 3.06 bits per heavy atom. The summed E-state index contributed by atoms with van der Waals surface area (Å²) in [6.07, 6.45) is 0.508. The van der Waals surface area contributed by atoms with Crippen LogP contribution in [0.1, 0.15) is 23.1 Å². The standard InChI is InChI=1S/C10H14N2O4/c1-6-5-12-7(3-4-16-6)8(9(13)15-2)11-10(12)14/h6H,3-5H2,1-2H3,(H,11,14). The predicted octanol–water partition coefficient (Wildman–Crippen LogP) is -0.0758. The lowest BCUT2D eigenvalue weighted by Crippen LogP contribution is -2.23. The van der Waals surface area contributed by atoms with E-state index in [-0.39, 0.29) is 17.5 Å². The van der Waals surface area contributed by atoms with E-state index in [1.165, 1.54) is 7.11 Å². The fourth-order valence-electron chi connectivity index (χ4n) is 1.89. The smallest absolute Gasteiger partial charge is 0.356 e. The quantitative estimate of drug-likeness (QED) is 0.680. The van der Waals surface area contributed by atoms with Gasteiger partial charge in [-0.05, 0) is 6.92 Å². The van der Waals surface area contributed by atoms with Crippen molar-refractivity contribution in [3.05, 3.63) is 21.9 Å². The predicted molar refractivity (Wildman–Crippen MR) is 55.5 cm³/mol. The summed E-state index contributed by atoms with van der Waals surface area (Å²) in [5.41, 5.74) is 0.624. The number of nitrogens with zero attached hydrogens (tertiary/aromatic N) is 1. The molecule has 1 atom stereocenters. The number of hydrogen-bond acceptors (Lipinski definition) is 4. The van der Waals surface area contributed by atoms with Gasteiger partial charge < -0.3 is 9.47 Å². The Kier molecular flexibility index (Phi) is 2.82. The van der Waals surface area contributed by atoms with Gasteiger partial charge in [0.05, 0.1) is 32.1 Å². The van der Waals surface area contributed by atoms with Gasteiger partial charge in [0, 0.05) is 6.42 Å². The summed E-state index contributed by atoms with van der Waals surface area (Å²) in [7, 11) is 1.29. The highest BCUT2D eigenvalue weighted by atomic mass is 16.5. The van der Waals surface area contributed by atoms with Crippen LogP contribution in [0.5, 0.6) is 0 Å². The fraction of sp³-hybridized carbons (Fsp3) is 0.600. The number of nitrogens with one attached hydrogen (secondary N) is 1. The molecule has 1 unspecified atom stereocenters. The van der Waals surface area contributed by atoms with Crippen LogP contribution in [-0.2, 0) is 22.4 Å².